The molecule has 0 aliphatic carbocycles. The Balaban J connectivity index is 1.50. The fourth-order valence-corrected chi connectivity index (χ4v) is 4.39. The molecule has 4 heterocycles. The maximum absolute atomic E-state index is 9.76. The molecule has 0 spiro atoms. The summed E-state index contributed by atoms with van der Waals surface area (Å²) in [6.07, 6.45) is -0.311. The highest BCUT2D eigenvalue weighted by Crippen LogP contribution is 2.43. The van der Waals surface area contributed by atoms with E-state index >= 15 is 0 Å². The van der Waals surface area contributed by atoms with Gasteiger partial charge in [0.1, 0.15) is 24.1 Å². The molecule has 2 aliphatic rings. The van der Waals surface area contributed by atoms with E-state index < -0.39 is 30.3 Å². The third-order valence-electron chi connectivity index (χ3n) is 5.63. The van der Waals surface area contributed by atoms with Gasteiger partial charge in [-0.25, -0.2) is 4.68 Å². The molecular formula is C21H24ClN5O4. The average molecular weight is 446 g/mol. The molecule has 5 atom stereocenters. The van der Waals surface area contributed by atoms with Crippen molar-refractivity contribution in [1.29, 1.82) is 0 Å². The first kappa shape index (κ1) is 20.6. The largest absolute Gasteiger partial charge is 0.394 e. The predicted molar refractivity (Wildman–Crippen MR) is 114 cm³/mol. The molecule has 3 aromatic rings. The highest BCUT2D eigenvalue weighted by molar-refractivity contribution is 6.28. The number of aromatic nitrogens is 4. The number of halogens is 1. The summed E-state index contributed by atoms with van der Waals surface area (Å²) in [4.78, 5) is 8.78. The molecule has 0 amide bonds. The monoisotopic (exact) mass is 445 g/mol. The van der Waals surface area contributed by atoms with Gasteiger partial charge in [0.2, 0.25) is 5.28 Å². The molecule has 1 aromatic carbocycles. The first-order chi connectivity index (χ1) is 14.9. The van der Waals surface area contributed by atoms with Gasteiger partial charge in [0.25, 0.3) is 0 Å². The lowest BCUT2D eigenvalue weighted by Gasteiger charge is -2.23. The molecule has 2 fully saturated rings. The summed E-state index contributed by atoms with van der Waals surface area (Å²) in [6, 6.07) is 10.0. The molecule has 1 unspecified atom stereocenters. The molecule has 10 heteroatoms. The fourth-order valence-electron chi connectivity index (χ4n) is 4.23. The van der Waals surface area contributed by atoms with Crippen molar-refractivity contribution in [3.63, 3.8) is 0 Å². The molecule has 9 nitrogen and oxygen atoms in total. The second-order valence-corrected chi connectivity index (χ2v) is 8.59. The van der Waals surface area contributed by atoms with Crippen molar-refractivity contribution in [2.75, 3.05) is 11.9 Å². The van der Waals surface area contributed by atoms with Gasteiger partial charge < -0.3 is 24.6 Å². The van der Waals surface area contributed by atoms with Gasteiger partial charge in [0.05, 0.1) is 18.2 Å². The molecule has 2 N–H and O–H groups in total. The molecule has 5 rings (SSSR count). The Hall–Kier alpha value is -2.30. The zero-order valence-corrected chi connectivity index (χ0v) is 18.2. The van der Waals surface area contributed by atoms with Gasteiger partial charge in [-0.15, -0.1) is 0 Å². The maximum atomic E-state index is 9.76. The molecule has 2 aromatic heterocycles. The number of fused-ring (bicyclic) bond motifs is 2. The quantitative estimate of drug-likeness (QED) is 0.577. The summed E-state index contributed by atoms with van der Waals surface area (Å²) in [6.45, 7) is 5.53. The Kier molecular flexibility index (Phi) is 5.10. The summed E-state index contributed by atoms with van der Waals surface area (Å²) < 4.78 is 19.7. The van der Waals surface area contributed by atoms with Crippen molar-refractivity contribution in [3.05, 3.63) is 47.4 Å². The van der Waals surface area contributed by atoms with Crippen molar-refractivity contribution in [3.8, 4) is 0 Å². The lowest BCUT2D eigenvalue weighted by Crippen LogP contribution is -2.31. The van der Waals surface area contributed by atoms with Gasteiger partial charge in [-0.05, 0) is 37.9 Å². The Morgan fingerprint density at radius 1 is 1.19 bits per heavy atom. The van der Waals surface area contributed by atoms with E-state index in [2.05, 4.69) is 20.4 Å². The first-order valence-electron chi connectivity index (χ1n) is 10.2. The lowest BCUT2D eigenvalue weighted by molar-refractivity contribution is -0.201. The summed E-state index contributed by atoms with van der Waals surface area (Å²) in [7, 11) is 0. The minimum atomic E-state index is -0.780. The molecule has 31 heavy (non-hydrogen) atoms. The molecule has 2 saturated heterocycles. The van der Waals surface area contributed by atoms with Gasteiger partial charge in [-0.2, -0.15) is 15.1 Å². The highest BCUT2D eigenvalue weighted by Gasteiger charge is 2.56. The Morgan fingerprint density at radius 3 is 2.68 bits per heavy atom. The van der Waals surface area contributed by atoms with Crippen LogP contribution in [-0.2, 0) is 14.2 Å². The number of nitrogens with zero attached hydrogens (tertiary/aromatic N) is 4. The SMILES string of the molecule is C[C@@H](Nc1nc(Cl)nc2c1cnn2C1O[C@H](CO)[C@H]2OC(C)(C)O[C@@H]12)c1ccccc1. The van der Waals surface area contributed by atoms with Crippen LogP contribution in [-0.4, -0.2) is 55.6 Å². The first-order valence-corrected chi connectivity index (χ1v) is 10.6. The van der Waals surface area contributed by atoms with Crippen molar-refractivity contribution >= 4 is 28.5 Å². The van der Waals surface area contributed by atoms with Crippen LogP contribution in [0.15, 0.2) is 36.5 Å². The van der Waals surface area contributed by atoms with Crippen LogP contribution in [0.3, 0.4) is 0 Å². The van der Waals surface area contributed by atoms with E-state index in [0.717, 1.165) is 5.56 Å². The second kappa shape index (κ2) is 7.68. The van der Waals surface area contributed by atoms with Crippen LogP contribution in [0.5, 0.6) is 0 Å². The topological polar surface area (TPSA) is 104 Å². The standard InChI is InChI=1S/C21H24ClN5O4/c1-11(12-7-5-4-6-8-12)24-17-13-9-23-27(18(13)26-20(22)25-17)19-16-15(14(10-28)29-19)30-21(2,3)31-16/h4-9,11,14-16,19,28H,10H2,1-3H3,(H,24,25,26)/t11-,14-,15-,16-,19?/m1/s1. The number of aliphatic hydroxyl groups excluding tert-OH is 1. The van der Waals surface area contributed by atoms with Gasteiger partial charge in [-0.3, -0.25) is 0 Å². The van der Waals surface area contributed by atoms with Crippen LogP contribution in [0.25, 0.3) is 11.0 Å². The van der Waals surface area contributed by atoms with Gasteiger partial charge in [0.15, 0.2) is 17.7 Å². The van der Waals surface area contributed by atoms with E-state index in [1.54, 1.807) is 10.9 Å². The Labute approximate surface area is 184 Å². The van der Waals surface area contributed by atoms with Crippen molar-refractivity contribution in [2.45, 2.75) is 57.1 Å². The number of rotatable bonds is 5. The summed E-state index contributed by atoms with van der Waals surface area (Å²) in [5, 5.41) is 18.5. The van der Waals surface area contributed by atoms with Crippen LogP contribution >= 0.6 is 11.6 Å². The Bertz CT molecular complexity index is 1090. The third kappa shape index (κ3) is 3.66. The van der Waals surface area contributed by atoms with E-state index in [1.165, 1.54) is 0 Å². The van der Waals surface area contributed by atoms with Crippen LogP contribution in [0.2, 0.25) is 5.28 Å². The Morgan fingerprint density at radius 2 is 1.94 bits per heavy atom. The van der Waals surface area contributed by atoms with Crippen molar-refractivity contribution in [2.24, 2.45) is 0 Å². The number of hydrogen-bond acceptors (Lipinski definition) is 8. The third-order valence-corrected chi connectivity index (χ3v) is 5.79. The molecule has 0 bridgehead atoms. The van der Waals surface area contributed by atoms with Gasteiger partial charge in [0, 0.05) is 6.04 Å². The van der Waals surface area contributed by atoms with E-state index in [1.807, 2.05) is 51.1 Å². The minimum absolute atomic E-state index is 0.00281. The van der Waals surface area contributed by atoms with Gasteiger partial charge in [-0.1, -0.05) is 30.3 Å². The van der Waals surface area contributed by atoms with E-state index in [-0.39, 0.29) is 17.9 Å². The van der Waals surface area contributed by atoms with Crippen LogP contribution < -0.4 is 5.32 Å². The minimum Gasteiger partial charge on any atom is -0.394 e. The molecule has 164 valence electrons. The number of hydrogen-bond donors (Lipinski definition) is 2. The number of aliphatic hydroxyl groups is 1. The summed E-state index contributed by atoms with van der Waals surface area (Å²) in [5.74, 6) is -0.201. The van der Waals surface area contributed by atoms with Crippen LogP contribution in [0.4, 0.5) is 5.82 Å². The van der Waals surface area contributed by atoms with E-state index in [0.29, 0.717) is 16.9 Å². The van der Waals surface area contributed by atoms with Crippen LogP contribution in [0, 0.1) is 0 Å². The fraction of sp³-hybridized carbons (Fsp3) is 0.476. The average Bonchev–Trinajstić information content (AvgIpc) is 3.39. The lowest BCUT2D eigenvalue weighted by atomic mass is 10.1. The number of anilines is 1. The van der Waals surface area contributed by atoms with E-state index in [9.17, 15) is 5.11 Å². The van der Waals surface area contributed by atoms with Crippen molar-refractivity contribution in [1.82, 2.24) is 19.7 Å². The predicted octanol–water partition coefficient (Wildman–Crippen LogP) is 3.06. The zero-order valence-electron chi connectivity index (χ0n) is 17.4. The second-order valence-electron chi connectivity index (χ2n) is 8.26. The highest BCUT2D eigenvalue weighted by atomic mass is 35.5. The summed E-state index contributed by atoms with van der Waals surface area (Å²) >= 11 is 6.26. The zero-order chi connectivity index (χ0) is 21.8. The van der Waals surface area contributed by atoms with Gasteiger partial charge >= 0.3 is 0 Å². The maximum Gasteiger partial charge on any atom is 0.226 e. The van der Waals surface area contributed by atoms with Crippen LogP contribution in [0.1, 0.15) is 38.6 Å². The number of nitrogens with one attached hydrogen (secondary N) is 1. The molecule has 0 radical (unpaired) electrons. The smallest absolute Gasteiger partial charge is 0.226 e. The molecular weight excluding hydrogens is 422 g/mol. The number of ether oxygens (including phenoxy) is 3. The molecule has 0 saturated carbocycles. The summed E-state index contributed by atoms with van der Waals surface area (Å²) in [5.41, 5.74) is 1.63. The van der Waals surface area contributed by atoms with E-state index in [4.69, 9.17) is 25.8 Å². The molecule has 2 aliphatic heterocycles. The van der Waals surface area contributed by atoms with Crippen molar-refractivity contribution < 1.29 is 19.3 Å². The normalized spacial score (nSPS) is 28.0. The number of benzene rings is 1.